The molecule has 2 aliphatic heterocycles. The van der Waals surface area contributed by atoms with Crippen molar-refractivity contribution in [1.29, 1.82) is 0 Å². The normalized spacial score (nSPS) is 20.2. The van der Waals surface area contributed by atoms with Crippen molar-refractivity contribution >= 4 is 21.8 Å². The Labute approximate surface area is 184 Å². The summed E-state index contributed by atoms with van der Waals surface area (Å²) < 4.78 is 64.3. The smallest absolute Gasteiger partial charge is 0.309 e. The fraction of sp³-hybridized carbons (Fsp3) is 0.579. The van der Waals surface area contributed by atoms with E-state index in [1.54, 1.807) is 0 Å². The standard InChI is InChI=1S/C19H26F2N4O6S/c20-14-2-3-15(21)16(12-14)32(28,29)25-8-11-31-17(25)13-23-19(27)18(26)22-4-1-5-24-6-9-30-10-7-24/h2-3,12,17H,1,4-11,13H2,(H,22,26)(H,23,27)/t17-/m0/s1. The van der Waals surface area contributed by atoms with E-state index in [-0.39, 0.29) is 19.7 Å². The first-order valence-corrected chi connectivity index (χ1v) is 11.7. The molecule has 2 aliphatic rings. The van der Waals surface area contributed by atoms with Crippen molar-refractivity contribution in [3.8, 4) is 0 Å². The number of hydrogen-bond donors (Lipinski definition) is 2. The number of nitrogens with zero attached hydrogens (tertiary/aromatic N) is 2. The highest BCUT2D eigenvalue weighted by molar-refractivity contribution is 7.89. The molecule has 2 saturated heterocycles. The summed E-state index contributed by atoms with van der Waals surface area (Å²) in [5.74, 6) is -3.80. The van der Waals surface area contributed by atoms with Crippen molar-refractivity contribution in [2.45, 2.75) is 17.5 Å². The van der Waals surface area contributed by atoms with Crippen LogP contribution in [0.15, 0.2) is 23.1 Å². The van der Waals surface area contributed by atoms with E-state index < -0.39 is 44.6 Å². The first-order valence-electron chi connectivity index (χ1n) is 10.2. The number of rotatable bonds is 8. The highest BCUT2D eigenvalue weighted by atomic mass is 32.2. The summed E-state index contributed by atoms with van der Waals surface area (Å²) in [6.07, 6.45) is -0.489. The number of amides is 2. The Hall–Kier alpha value is -2.19. The van der Waals surface area contributed by atoms with Crippen LogP contribution in [0.2, 0.25) is 0 Å². The molecule has 0 spiro atoms. The molecule has 0 bridgehead atoms. The van der Waals surface area contributed by atoms with E-state index in [9.17, 15) is 26.8 Å². The predicted octanol–water partition coefficient (Wildman–Crippen LogP) is -0.733. The fourth-order valence-corrected chi connectivity index (χ4v) is 5.00. The molecule has 1 atom stereocenters. The Kier molecular flexibility index (Phi) is 8.48. The Bertz CT molecular complexity index is 926. The highest BCUT2D eigenvalue weighted by Crippen LogP contribution is 2.24. The maximum atomic E-state index is 14.0. The Morgan fingerprint density at radius 3 is 2.53 bits per heavy atom. The maximum Gasteiger partial charge on any atom is 0.309 e. The molecular formula is C19H26F2N4O6S. The maximum absolute atomic E-state index is 14.0. The van der Waals surface area contributed by atoms with Crippen LogP contribution < -0.4 is 10.6 Å². The number of benzene rings is 1. The van der Waals surface area contributed by atoms with Crippen LogP contribution >= 0.6 is 0 Å². The van der Waals surface area contributed by atoms with Gasteiger partial charge in [0.25, 0.3) is 0 Å². The van der Waals surface area contributed by atoms with Crippen LogP contribution in [0.3, 0.4) is 0 Å². The van der Waals surface area contributed by atoms with E-state index in [4.69, 9.17) is 9.47 Å². The lowest BCUT2D eigenvalue weighted by Gasteiger charge is -2.26. The van der Waals surface area contributed by atoms with Gasteiger partial charge in [-0.2, -0.15) is 4.31 Å². The van der Waals surface area contributed by atoms with Crippen molar-refractivity contribution in [2.75, 3.05) is 59.1 Å². The van der Waals surface area contributed by atoms with E-state index in [1.807, 2.05) is 0 Å². The monoisotopic (exact) mass is 476 g/mol. The van der Waals surface area contributed by atoms with Crippen molar-refractivity contribution in [1.82, 2.24) is 19.8 Å². The molecule has 178 valence electrons. The average Bonchev–Trinajstić information content (AvgIpc) is 3.27. The van der Waals surface area contributed by atoms with Gasteiger partial charge in [-0.1, -0.05) is 0 Å². The molecule has 2 heterocycles. The van der Waals surface area contributed by atoms with Crippen LogP contribution in [0.25, 0.3) is 0 Å². The molecule has 1 aromatic rings. The van der Waals surface area contributed by atoms with Crippen LogP contribution in [0, 0.1) is 11.6 Å². The molecule has 1 aromatic carbocycles. The first kappa shape index (κ1) is 24.5. The third-order valence-corrected chi connectivity index (χ3v) is 7.01. The van der Waals surface area contributed by atoms with E-state index in [0.717, 1.165) is 36.1 Å². The quantitative estimate of drug-likeness (QED) is 0.375. The summed E-state index contributed by atoms with van der Waals surface area (Å²) in [6.45, 7) is 3.66. The number of hydrogen-bond acceptors (Lipinski definition) is 7. The summed E-state index contributed by atoms with van der Waals surface area (Å²) in [4.78, 5) is 25.4. The van der Waals surface area contributed by atoms with Crippen LogP contribution in [0.1, 0.15) is 6.42 Å². The Balaban J connectivity index is 1.47. The molecule has 3 rings (SSSR count). The largest absolute Gasteiger partial charge is 0.379 e. The molecule has 0 radical (unpaired) electrons. The van der Waals surface area contributed by atoms with Crippen molar-refractivity contribution in [3.05, 3.63) is 29.8 Å². The van der Waals surface area contributed by atoms with Crippen molar-refractivity contribution in [2.24, 2.45) is 0 Å². The molecule has 10 nitrogen and oxygen atoms in total. The van der Waals surface area contributed by atoms with Gasteiger partial charge in [0.05, 0.1) is 26.4 Å². The molecule has 0 aliphatic carbocycles. The highest BCUT2D eigenvalue weighted by Gasteiger charge is 2.38. The lowest BCUT2D eigenvalue weighted by molar-refractivity contribution is -0.139. The fourth-order valence-electron chi connectivity index (χ4n) is 3.41. The van der Waals surface area contributed by atoms with Gasteiger partial charge in [0.2, 0.25) is 10.0 Å². The zero-order valence-corrected chi connectivity index (χ0v) is 18.2. The molecule has 32 heavy (non-hydrogen) atoms. The van der Waals surface area contributed by atoms with Crippen molar-refractivity contribution in [3.63, 3.8) is 0 Å². The number of ether oxygens (including phenoxy) is 2. The van der Waals surface area contributed by atoms with Gasteiger partial charge in [-0.3, -0.25) is 14.5 Å². The molecule has 2 fully saturated rings. The molecule has 0 saturated carbocycles. The van der Waals surface area contributed by atoms with Gasteiger partial charge in [-0.05, 0) is 31.2 Å². The van der Waals surface area contributed by atoms with Crippen molar-refractivity contribution < 1.29 is 36.3 Å². The van der Waals surface area contributed by atoms with E-state index in [2.05, 4.69) is 15.5 Å². The van der Waals surface area contributed by atoms with Gasteiger partial charge in [0.15, 0.2) is 0 Å². The lowest BCUT2D eigenvalue weighted by atomic mass is 10.3. The molecule has 0 unspecified atom stereocenters. The van der Waals surface area contributed by atoms with Crippen LogP contribution in [0.4, 0.5) is 8.78 Å². The van der Waals surface area contributed by atoms with Gasteiger partial charge in [0.1, 0.15) is 22.8 Å². The minimum atomic E-state index is -4.41. The van der Waals surface area contributed by atoms with Gasteiger partial charge in [0, 0.05) is 26.2 Å². The van der Waals surface area contributed by atoms with Gasteiger partial charge in [-0.25, -0.2) is 17.2 Å². The third kappa shape index (κ3) is 6.19. The summed E-state index contributed by atoms with van der Waals surface area (Å²) in [6, 6.07) is 2.12. The Morgan fingerprint density at radius 1 is 1.06 bits per heavy atom. The third-order valence-electron chi connectivity index (χ3n) is 5.11. The summed E-state index contributed by atoms with van der Waals surface area (Å²) >= 11 is 0. The minimum absolute atomic E-state index is 0.00440. The molecule has 0 aromatic heterocycles. The number of nitrogens with one attached hydrogen (secondary N) is 2. The zero-order chi connectivity index (χ0) is 23.1. The van der Waals surface area contributed by atoms with Gasteiger partial charge in [-0.15, -0.1) is 0 Å². The average molecular weight is 477 g/mol. The summed E-state index contributed by atoms with van der Waals surface area (Å²) in [5.41, 5.74) is 0. The first-order chi connectivity index (χ1) is 15.3. The topological polar surface area (TPSA) is 117 Å². The van der Waals surface area contributed by atoms with Gasteiger partial charge >= 0.3 is 11.8 Å². The Morgan fingerprint density at radius 2 is 1.78 bits per heavy atom. The summed E-state index contributed by atoms with van der Waals surface area (Å²) in [7, 11) is -4.41. The number of carbonyl (C=O) groups excluding carboxylic acids is 2. The molecule has 2 amide bonds. The lowest BCUT2D eigenvalue weighted by Crippen LogP contribution is -2.47. The van der Waals surface area contributed by atoms with E-state index in [1.165, 1.54) is 0 Å². The second-order valence-electron chi connectivity index (χ2n) is 7.29. The SMILES string of the molecule is O=C(NCCCN1CCOCC1)C(=O)NC[C@@H]1OCCN1S(=O)(=O)c1cc(F)ccc1F. The number of morpholine rings is 1. The van der Waals surface area contributed by atoms with Crippen LogP contribution in [0.5, 0.6) is 0 Å². The minimum Gasteiger partial charge on any atom is -0.379 e. The van der Waals surface area contributed by atoms with Crippen LogP contribution in [-0.2, 0) is 29.1 Å². The number of halogens is 2. The molecule has 2 N–H and O–H groups in total. The molecule has 13 heteroatoms. The second-order valence-corrected chi connectivity index (χ2v) is 9.15. The molecular weight excluding hydrogens is 450 g/mol. The van der Waals surface area contributed by atoms with E-state index in [0.29, 0.717) is 32.2 Å². The predicted molar refractivity (Wildman–Crippen MR) is 108 cm³/mol. The zero-order valence-electron chi connectivity index (χ0n) is 17.4. The summed E-state index contributed by atoms with van der Waals surface area (Å²) in [5, 5.41) is 4.82. The van der Waals surface area contributed by atoms with Gasteiger partial charge < -0.3 is 20.1 Å². The van der Waals surface area contributed by atoms with E-state index >= 15 is 0 Å². The number of carbonyl (C=O) groups is 2. The second kappa shape index (κ2) is 11.1. The number of sulfonamides is 1. The van der Waals surface area contributed by atoms with Crippen LogP contribution in [-0.4, -0.2) is 94.8 Å².